The average molecular weight is 316 g/mol. The average Bonchev–Trinajstić information content (AvgIpc) is 2.59. The second-order valence-electron chi connectivity index (χ2n) is 5.76. The molecule has 3 heteroatoms. The number of hydrogen-bond acceptors (Lipinski definition) is 2. The van der Waals surface area contributed by atoms with Gasteiger partial charge in [-0.05, 0) is 43.5 Å². The van der Waals surface area contributed by atoms with Crippen LogP contribution in [0, 0.1) is 11.3 Å². The van der Waals surface area contributed by atoms with Crippen molar-refractivity contribution in [1.82, 2.24) is 0 Å². The minimum absolute atomic E-state index is 0.715. The van der Waals surface area contributed by atoms with Gasteiger partial charge in [0.15, 0.2) is 13.9 Å². The molecule has 0 heterocycles. The van der Waals surface area contributed by atoms with Crippen LogP contribution in [0.5, 0.6) is 0 Å². The molecule has 0 aliphatic heterocycles. The number of allylic oxidation sites excluding steroid dienone is 2. The van der Waals surface area contributed by atoms with Crippen molar-refractivity contribution >= 4 is 8.32 Å². The fourth-order valence-corrected chi connectivity index (χ4v) is 5.83. The van der Waals surface area contributed by atoms with E-state index in [-0.39, 0.29) is 0 Å². The standard InChI is InChI=1S/C19H29NOSi/c1-5-9-13-16-19(17-20,18-14-11-10-12-15-18)21-22(6-2,7-3)8-4/h5,9-12,14-15H,6-8,13,16H2,1-4H3/b9-5+. The van der Waals surface area contributed by atoms with E-state index in [4.69, 9.17) is 4.43 Å². The molecule has 22 heavy (non-hydrogen) atoms. The lowest BCUT2D eigenvalue weighted by Crippen LogP contribution is -2.45. The number of nitriles is 1. The van der Waals surface area contributed by atoms with Crippen LogP contribution in [0.1, 0.15) is 46.1 Å². The van der Waals surface area contributed by atoms with Gasteiger partial charge in [-0.1, -0.05) is 63.3 Å². The van der Waals surface area contributed by atoms with Crippen LogP contribution in [0.25, 0.3) is 0 Å². The van der Waals surface area contributed by atoms with Gasteiger partial charge in [0.05, 0.1) is 0 Å². The van der Waals surface area contributed by atoms with Crippen LogP contribution < -0.4 is 0 Å². The lowest BCUT2D eigenvalue weighted by atomic mass is 9.90. The zero-order valence-corrected chi connectivity index (χ0v) is 15.4. The van der Waals surface area contributed by atoms with Gasteiger partial charge in [0.1, 0.15) is 6.07 Å². The quantitative estimate of drug-likeness (QED) is 0.427. The lowest BCUT2D eigenvalue weighted by Gasteiger charge is -2.38. The molecule has 0 saturated heterocycles. The van der Waals surface area contributed by atoms with Crippen LogP contribution in [-0.2, 0) is 10.0 Å². The summed E-state index contributed by atoms with van der Waals surface area (Å²) in [5, 5.41) is 10.0. The van der Waals surface area contributed by atoms with Crippen molar-refractivity contribution in [2.24, 2.45) is 0 Å². The summed E-state index contributed by atoms with van der Waals surface area (Å²) in [6.45, 7) is 8.63. The third-order valence-electron chi connectivity index (χ3n) is 4.64. The Kier molecular flexibility index (Phi) is 7.57. The minimum atomic E-state index is -1.86. The van der Waals surface area contributed by atoms with E-state index < -0.39 is 13.9 Å². The smallest absolute Gasteiger partial charge is 0.194 e. The fourth-order valence-electron chi connectivity index (χ4n) is 2.89. The summed E-state index contributed by atoms with van der Waals surface area (Å²) in [6, 6.07) is 15.7. The van der Waals surface area contributed by atoms with E-state index in [1.54, 1.807) is 0 Å². The molecule has 1 rings (SSSR count). The summed E-state index contributed by atoms with van der Waals surface area (Å²) in [7, 11) is -1.86. The molecule has 0 saturated carbocycles. The molecule has 0 amide bonds. The molecule has 120 valence electrons. The first-order valence-electron chi connectivity index (χ1n) is 8.40. The Morgan fingerprint density at radius 1 is 1.14 bits per heavy atom. The molecule has 0 aromatic heterocycles. The van der Waals surface area contributed by atoms with Gasteiger partial charge in [-0.3, -0.25) is 0 Å². The third kappa shape index (κ3) is 4.31. The SMILES string of the molecule is C/C=C/CCC(C#N)(O[Si](CC)(CC)CC)c1ccccc1. The van der Waals surface area contributed by atoms with Crippen molar-refractivity contribution < 1.29 is 4.43 Å². The maximum atomic E-state index is 10.0. The zero-order chi connectivity index (χ0) is 16.5. The number of rotatable bonds is 9. The first-order valence-corrected chi connectivity index (χ1v) is 10.9. The van der Waals surface area contributed by atoms with E-state index in [0.717, 1.165) is 30.1 Å². The van der Waals surface area contributed by atoms with Crippen LogP contribution in [0.2, 0.25) is 18.1 Å². The van der Waals surface area contributed by atoms with Crippen molar-refractivity contribution in [3.05, 3.63) is 48.0 Å². The minimum Gasteiger partial charge on any atom is -0.396 e. The molecule has 1 atom stereocenters. The predicted molar refractivity (Wildman–Crippen MR) is 96.1 cm³/mol. The third-order valence-corrected chi connectivity index (χ3v) is 9.29. The lowest BCUT2D eigenvalue weighted by molar-refractivity contribution is 0.104. The molecule has 1 aromatic rings. The predicted octanol–water partition coefficient (Wildman–Crippen LogP) is 5.78. The molecule has 0 fully saturated rings. The van der Waals surface area contributed by atoms with E-state index in [2.05, 4.69) is 32.9 Å². The molecule has 0 aliphatic rings. The van der Waals surface area contributed by atoms with Gasteiger partial charge in [0.2, 0.25) is 0 Å². The van der Waals surface area contributed by atoms with Crippen molar-refractivity contribution in [2.75, 3.05) is 0 Å². The van der Waals surface area contributed by atoms with Crippen molar-refractivity contribution in [2.45, 2.75) is 64.3 Å². The highest BCUT2D eigenvalue weighted by Gasteiger charge is 2.42. The molecule has 0 radical (unpaired) electrons. The maximum Gasteiger partial charge on any atom is 0.194 e. The van der Waals surface area contributed by atoms with E-state index in [9.17, 15) is 5.26 Å². The molecular formula is C19H29NOSi. The van der Waals surface area contributed by atoms with Crippen LogP contribution >= 0.6 is 0 Å². The van der Waals surface area contributed by atoms with Gasteiger partial charge >= 0.3 is 0 Å². The van der Waals surface area contributed by atoms with E-state index in [1.807, 2.05) is 43.3 Å². The molecule has 0 bridgehead atoms. The Bertz CT molecular complexity index is 494. The Morgan fingerprint density at radius 2 is 1.73 bits per heavy atom. The fraction of sp³-hybridized carbons (Fsp3) is 0.526. The molecule has 0 aliphatic carbocycles. The Labute approximate surface area is 136 Å². The van der Waals surface area contributed by atoms with Crippen LogP contribution in [0.4, 0.5) is 0 Å². The second kappa shape index (κ2) is 8.92. The zero-order valence-electron chi connectivity index (χ0n) is 14.4. The molecular weight excluding hydrogens is 286 g/mol. The molecule has 0 N–H and O–H groups in total. The van der Waals surface area contributed by atoms with Crippen LogP contribution in [-0.4, -0.2) is 8.32 Å². The largest absolute Gasteiger partial charge is 0.396 e. The van der Waals surface area contributed by atoms with Crippen molar-refractivity contribution in [3.8, 4) is 6.07 Å². The number of benzene rings is 1. The number of hydrogen-bond donors (Lipinski definition) is 0. The first kappa shape index (κ1) is 18.7. The molecule has 1 aromatic carbocycles. The molecule has 0 spiro atoms. The maximum absolute atomic E-state index is 10.0. The van der Waals surface area contributed by atoms with Gasteiger partial charge in [-0.2, -0.15) is 5.26 Å². The van der Waals surface area contributed by atoms with E-state index in [1.165, 1.54) is 0 Å². The van der Waals surface area contributed by atoms with Crippen LogP contribution in [0.15, 0.2) is 42.5 Å². The van der Waals surface area contributed by atoms with Crippen molar-refractivity contribution in [1.29, 1.82) is 5.26 Å². The highest BCUT2D eigenvalue weighted by molar-refractivity contribution is 6.73. The Morgan fingerprint density at radius 3 is 2.18 bits per heavy atom. The summed E-state index contributed by atoms with van der Waals surface area (Å²) in [4.78, 5) is 0. The summed E-state index contributed by atoms with van der Waals surface area (Å²) in [5.74, 6) is 0. The van der Waals surface area contributed by atoms with Crippen molar-refractivity contribution in [3.63, 3.8) is 0 Å². The number of nitrogens with zero attached hydrogens (tertiary/aromatic N) is 1. The van der Waals surface area contributed by atoms with Gasteiger partial charge in [-0.15, -0.1) is 0 Å². The summed E-state index contributed by atoms with van der Waals surface area (Å²) < 4.78 is 6.70. The summed E-state index contributed by atoms with van der Waals surface area (Å²) in [6.07, 6.45) is 5.73. The summed E-state index contributed by atoms with van der Waals surface area (Å²) >= 11 is 0. The Balaban J connectivity index is 3.23. The highest BCUT2D eigenvalue weighted by Crippen LogP contribution is 2.37. The Hall–Kier alpha value is -1.37. The van der Waals surface area contributed by atoms with Gasteiger partial charge in [-0.25, -0.2) is 0 Å². The van der Waals surface area contributed by atoms with Gasteiger partial charge in [0, 0.05) is 0 Å². The van der Waals surface area contributed by atoms with E-state index >= 15 is 0 Å². The highest BCUT2D eigenvalue weighted by atomic mass is 28.4. The van der Waals surface area contributed by atoms with Gasteiger partial charge < -0.3 is 4.43 Å². The normalized spacial score (nSPS) is 14.7. The second-order valence-corrected chi connectivity index (χ2v) is 10.4. The van der Waals surface area contributed by atoms with Crippen LogP contribution in [0.3, 0.4) is 0 Å². The monoisotopic (exact) mass is 315 g/mol. The molecule has 1 unspecified atom stereocenters. The first-order chi connectivity index (χ1) is 10.6. The van der Waals surface area contributed by atoms with Gasteiger partial charge in [0.25, 0.3) is 0 Å². The topological polar surface area (TPSA) is 33.0 Å². The molecule has 2 nitrogen and oxygen atoms in total. The summed E-state index contributed by atoms with van der Waals surface area (Å²) in [5.41, 5.74) is 0.184. The van der Waals surface area contributed by atoms with E-state index in [0.29, 0.717) is 6.42 Å².